The lowest BCUT2D eigenvalue weighted by Gasteiger charge is -2.32. The van der Waals surface area contributed by atoms with E-state index < -0.39 is 5.92 Å². The first-order chi connectivity index (χ1) is 13.1. The molecule has 1 unspecified atom stereocenters. The SMILES string of the molecule is Cn1cc2c(n1)C(C(=O)Nc1nccs1)CN(C(=O)CC1CCCCC1)C2. The van der Waals surface area contributed by atoms with Crippen molar-refractivity contribution in [3.8, 4) is 0 Å². The van der Waals surface area contributed by atoms with Crippen molar-refractivity contribution >= 4 is 28.3 Å². The van der Waals surface area contributed by atoms with Crippen LogP contribution in [0.4, 0.5) is 5.13 Å². The molecule has 2 aromatic heterocycles. The van der Waals surface area contributed by atoms with E-state index in [1.165, 1.54) is 30.6 Å². The molecule has 2 amide bonds. The molecular formula is C19H25N5O2S. The van der Waals surface area contributed by atoms with Crippen LogP contribution in [0.25, 0.3) is 0 Å². The van der Waals surface area contributed by atoms with Crippen LogP contribution in [-0.4, -0.2) is 38.0 Å². The number of carbonyl (C=O) groups excluding carboxylic acids is 2. The van der Waals surface area contributed by atoms with Gasteiger partial charge in [0.2, 0.25) is 11.8 Å². The van der Waals surface area contributed by atoms with Gasteiger partial charge < -0.3 is 10.2 Å². The molecule has 2 aromatic rings. The molecule has 1 saturated carbocycles. The smallest absolute Gasteiger partial charge is 0.237 e. The minimum atomic E-state index is -0.464. The van der Waals surface area contributed by atoms with Gasteiger partial charge >= 0.3 is 0 Å². The largest absolute Gasteiger partial charge is 0.337 e. The molecule has 1 N–H and O–H groups in total. The maximum absolute atomic E-state index is 12.9. The molecule has 4 rings (SSSR count). The Morgan fingerprint density at radius 1 is 1.30 bits per heavy atom. The highest BCUT2D eigenvalue weighted by Gasteiger charge is 2.36. The number of amides is 2. The molecule has 1 aliphatic carbocycles. The number of thiazole rings is 1. The summed E-state index contributed by atoms with van der Waals surface area (Å²) in [6, 6.07) is 0. The highest BCUT2D eigenvalue weighted by molar-refractivity contribution is 7.13. The van der Waals surface area contributed by atoms with Crippen LogP contribution in [-0.2, 0) is 23.2 Å². The lowest BCUT2D eigenvalue weighted by Crippen LogP contribution is -2.42. The third kappa shape index (κ3) is 4.05. The van der Waals surface area contributed by atoms with Crippen LogP contribution < -0.4 is 5.32 Å². The van der Waals surface area contributed by atoms with E-state index in [0.717, 1.165) is 24.1 Å². The predicted molar refractivity (Wildman–Crippen MR) is 103 cm³/mol. The normalized spacial score (nSPS) is 20.3. The van der Waals surface area contributed by atoms with Crippen molar-refractivity contribution in [2.45, 2.75) is 51.0 Å². The second-order valence-corrected chi connectivity index (χ2v) is 8.47. The Balaban J connectivity index is 1.50. The number of nitrogens with one attached hydrogen (secondary N) is 1. The van der Waals surface area contributed by atoms with Crippen LogP contribution in [0.2, 0.25) is 0 Å². The van der Waals surface area contributed by atoms with Crippen molar-refractivity contribution < 1.29 is 9.59 Å². The fourth-order valence-corrected chi connectivity index (χ4v) is 4.72. The molecule has 0 spiro atoms. The Morgan fingerprint density at radius 2 is 2.11 bits per heavy atom. The Bertz CT molecular complexity index is 810. The molecule has 144 valence electrons. The highest BCUT2D eigenvalue weighted by Crippen LogP contribution is 2.31. The molecule has 3 heterocycles. The first-order valence-electron chi connectivity index (χ1n) is 9.60. The molecule has 0 radical (unpaired) electrons. The van der Waals surface area contributed by atoms with Gasteiger partial charge in [0, 0.05) is 49.9 Å². The Hall–Kier alpha value is -2.22. The van der Waals surface area contributed by atoms with Gasteiger partial charge in [-0.25, -0.2) is 4.98 Å². The number of aryl methyl sites for hydroxylation is 1. The number of carbonyl (C=O) groups is 2. The molecule has 0 bridgehead atoms. The molecular weight excluding hydrogens is 362 g/mol. The molecule has 7 nitrogen and oxygen atoms in total. The van der Waals surface area contributed by atoms with Gasteiger partial charge in [-0.15, -0.1) is 11.3 Å². The van der Waals surface area contributed by atoms with E-state index in [4.69, 9.17) is 0 Å². The molecule has 0 saturated heterocycles. The van der Waals surface area contributed by atoms with E-state index in [9.17, 15) is 9.59 Å². The first kappa shape index (κ1) is 18.2. The lowest BCUT2D eigenvalue weighted by molar-refractivity contribution is -0.134. The van der Waals surface area contributed by atoms with Gasteiger partial charge in [-0.3, -0.25) is 14.3 Å². The Labute approximate surface area is 162 Å². The summed E-state index contributed by atoms with van der Waals surface area (Å²) in [5.74, 6) is 0.0295. The van der Waals surface area contributed by atoms with Gasteiger partial charge in [0.05, 0.1) is 5.69 Å². The standard InChI is InChI=1S/C19H25N5O2S/c1-23-10-14-11-24(16(25)9-13-5-3-2-4-6-13)12-15(17(14)22-23)18(26)21-19-20-7-8-27-19/h7-8,10,13,15H,2-6,9,11-12H2,1H3,(H,20,21,26). The van der Waals surface area contributed by atoms with Gasteiger partial charge in [-0.1, -0.05) is 19.3 Å². The van der Waals surface area contributed by atoms with Gasteiger partial charge in [-0.05, 0) is 18.8 Å². The van der Waals surface area contributed by atoms with Gasteiger partial charge in [0.1, 0.15) is 5.92 Å². The summed E-state index contributed by atoms with van der Waals surface area (Å²) in [7, 11) is 1.85. The Kier molecular flexibility index (Phi) is 5.24. The number of anilines is 1. The summed E-state index contributed by atoms with van der Waals surface area (Å²) in [6.45, 7) is 0.919. The van der Waals surface area contributed by atoms with E-state index in [-0.39, 0.29) is 11.8 Å². The average Bonchev–Trinajstić information content (AvgIpc) is 3.29. The van der Waals surface area contributed by atoms with Crippen LogP contribution in [0.15, 0.2) is 17.8 Å². The second-order valence-electron chi connectivity index (χ2n) is 7.57. The first-order valence-corrected chi connectivity index (χ1v) is 10.5. The molecule has 1 atom stereocenters. The second kappa shape index (κ2) is 7.80. The summed E-state index contributed by atoms with van der Waals surface area (Å²) in [6.07, 6.45) is 10.2. The van der Waals surface area contributed by atoms with Gasteiger partial charge in [0.25, 0.3) is 0 Å². The third-order valence-electron chi connectivity index (χ3n) is 5.55. The van der Waals surface area contributed by atoms with Crippen molar-refractivity contribution in [3.05, 3.63) is 29.0 Å². The summed E-state index contributed by atoms with van der Waals surface area (Å²) >= 11 is 1.38. The summed E-state index contributed by atoms with van der Waals surface area (Å²) in [5, 5.41) is 9.75. The molecule has 1 fully saturated rings. The zero-order valence-electron chi connectivity index (χ0n) is 15.6. The molecule has 2 aliphatic rings. The number of rotatable bonds is 4. The van der Waals surface area contributed by atoms with Crippen molar-refractivity contribution in [1.29, 1.82) is 0 Å². The van der Waals surface area contributed by atoms with E-state index in [1.54, 1.807) is 10.9 Å². The van der Waals surface area contributed by atoms with Gasteiger partial charge in [-0.2, -0.15) is 5.10 Å². The number of fused-ring (bicyclic) bond motifs is 1. The lowest BCUT2D eigenvalue weighted by atomic mass is 9.86. The fraction of sp³-hybridized carbons (Fsp3) is 0.579. The zero-order valence-corrected chi connectivity index (χ0v) is 16.4. The maximum Gasteiger partial charge on any atom is 0.237 e. The molecule has 27 heavy (non-hydrogen) atoms. The zero-order chi connectivity index (χ0) is 18.8. The van der Waals surface area contributed by atoms with Crippen molar-refractivity contribution in [2.24, 2.45) is 13.0 Å². The van der Waals surface area contributed by atoms with Crippen molar-refractivity contribution in [3.63, 3.8) is 0 Å². The number of hydrogen-bond acceptors (Lipinski definition) is 5. The minimum Gasteiger partial charge on any atom is -0.337 e. The van der Waals surface area contributed by atoms with E-state index in [2.05, 4.69) is 15.4 Å². The topological polar surface area (TPSA) is 80.1 Å². The van der Waals surface area contributed by atoms with Gasteiger partial charge in [0.15, 0.2) is 5.13 Å². The predicted octanol–water partition coefficient (Wildman–Crippen LogP) is 2.91. The fourth-order valence-electron chi connectivity index (χ4n) is 4.19. The maximum atomic E-state index is 12.9. The summed E-state index contributed by atoms with van der Waals surface area (Å²) in [4.78, 5) is 31.8. The summed E-state index contributed by atoms with van der Waals surface area (Å²) in [5.41, 5.74) is 1.73. The number of nitrogens with zero attached hydrogens (tertiary/aromatic N) is 4. The number of aromatic nitrogens is 3. The minimum absolute atomic E-state index is 0.153. The average molecular weight is 388 g/mol. The number of hydrogen-bond donors (Lipinski definition) is 1. The quantitative estimate of drug-likeness (QED) is 0.875. The highest BCUT2D eigenvalue weighted by atomic mass is 32.1. The molecule has 1 aliphatic heterocycles. The van der Waals surface area contributed by atoms with Crippen LogP contribution in [0.1, 0.15) is 55.7 Å². The van der Waals surface area contributed by atoms with Crippen molar-refractivity contribution in [1.82, 2.24) is 19.7 Å². The Morgan fingerprint density at radius 3 is 2.85 bits per heavy atom. The van der Waals surface area contributed by atoms with Crippen LogP contribution in [0.5, 0.6) is 0 Å². The monoisotopic (exact) mass is 387 g/mol. The molecule has 8 heteroatoms. The van der Waals surface area contributed by atoms with E-state index >= 15 is 0 Å². The molecule has 0 aromatic carbocycles. The van der Waals surface area contributed by atoms with Crippen LogP contribution >= 0.6 is 11.3 Å². The van der Waals surface area contributed by atoms with Crippen LogP contribution in [0.3, 0.4) is 0 Å². The van der Waals surface area contributed by atoms with Crippen LogP contribution in [0, 0.1) is 5.92 Å². The van der Waals surface area contributed by atoms with E-state index in [0.29, 0.717) is 30.6 Å². The van der Waals surface area contributed by atoms with Crippen molar-refractivity contribution in [2.75, 3.05) is 11.9 Å². The third-order valence-corrected chi connectivity index (χ3v) is 6.24. The van der Waals surface area contributed by atoms with E-state index in [1.807, 2.05) is 23.5 Å². The summed E-state index contributed by atoms with van der Waals surface area (Å²) < 4.78 is 1.73.